The first kappa shape index (κ1) is 27.5. The summed E-state index contributed by atoms with van der Waals surface area (Å²) in [5.41, 5.74) is 5.87. The number of nitrogens with zero attached hydrogens (tertiary/aromatic N) is 2. The maximum Gasteiger partial charge on any atom is 0.339 e. The highest BCUT2D eigenvalue weighted by molar-refractivity contribution is 7.53. The number of hydrogen-bond donors (Lipinski definition) is 9. The van der Waals surface area contributed by atoms with E-state index < -0.39 is 73.7 Å². The molecule has 174 valence electrons. The molecule has 1 fully saturated rings. The molecule has 0 aromatic rings. The molecule has 0 aliphatic heterocycles. The molecule has 19 heteroatoms. The van der Waals surface area contributed by atoms with Gasteiger partial charge in [-0.05, 0) is 19.3 Å². The fourth-order valence-electron chi connectivity index (χ4n) is 3.44. The second kappa shape index (κ2) is 9.95. The van der Waals surface area contributed by atoms with Crippen LogP contribution in [-0.4, -0.2) is 92.2 Å². The van der Waals surface area contributed by atoms with E-state index in [0.29, 0.717) is 0 Å². The Morgan fingerprint density at radius 3 is 1.24 bits per heavy atom. The Kier molecular flexibility index (Phi) is 9.44. The minimum Gasteiger partial charge on any atom is -0.328 e. The van der Waals surface area contributed by atoms with Crippen LogP contribution in [0.5, 0.6) is 0 Å². The van der Waals surface area contributed by atoms with Crippen LogP contribution in [0.4, 0.5) is 0 Å². The highest BCUT2D eigenvalue weighted by Crippen LogP contribution is 2.47. The fourth-order valence-corrected chi connectivity index (χ4v) is 6.88. The second-order valence-corrected chi connectivity index (χ2v) is 13.6. The zero-order valence-corrected chi connectivity index (χ0v) is 18.7. The standard InChI is InChI=1S/C10H27N3O12P4/c11-8-1-2-9(12(4-26(14,15)16)5-27(17,18)19)10(3-8)13(6-28(20,21)22)7-29(23,24)25/h8-10H,1-7,11H2,(H2,14,15,16)(H2,17,18,19)(H2,20,21,22)(H2,23,24,25)/t8-,9+,10+/m1/s1. The summed E-state index contributed by atoms with van der Waals surface area (Å²) in [6.45, 7) is 0. The van der Waals surface area contributed by atoms with E-state index in [-0.39, 0.29) is 19.3 Å². The molecule has 0 heterocycles. The molecule has 1 aliphatic rings. The lowest BCUT2D eigenvalue weighted by molar-refractivity contribution is 0.0681. The van der Waals surface area contributed by atoms with Crippen LogP contribution in [-0.2, 0) is 18.3 Å². The van der Waals surface area contributed by atoms with E-state index >= 15 is 0 Å². The topological polar surface area (TPSA) is 263 Å². The smallest absolute Gasteiger partial charge is 0.328 e. The van der Waals surface area contributed by atoms with Gasteiger partial charge in [0.1, 0.15) is 25.1 Å². The van der Waals surface area contributed by atoms with Crippen LogP contribution >= 0.6 is 30.4 Å². The van der Waals surface area contributed by atoms with Crippen LogP contribution in [0.25, 0.3) is 0 Å². The first-order valence-corrected chi connectivity index (χ1v) is 15.4. The van der Waals surface area contributed by atoms with Crippen molar-refractivity contribution in [2.75, 3.05) is 25.1 Å². The Bertz CT molecular complexity index is 694. The van der Waals surface area contributed by atoms with E-state index in [1.807, 2.05) is 0 Å². The van der Waals surface area contributed by atoms with Gasteiger partial charge < -0.3 is 44.9 Å². The third kappa shape index (κ3) is 11.6. The van der Waals surface area contributed by atoms with E-state index in [0.717, 1.165) is 9.80 Å². The Balaban J connectivity index is 3.35. The molecule has 15 nitrogen and oxygen atoms in total. The summed E-state index contributed by atoms with van der Waals surface area (Å²) in [4.78, 5) is 76.0. The predicted molar refractivity (Wildman–Crippen MR) is 101 cm³/mol. The molecular formula is C10H27N3O12P4. The minimum absolute atomic E-state index is 0.0324. The summed E-state index contributed by atoms with van der Waals surface area (Å²) in [6, 6.07) is -2.76. The monoisotopic (exact) mass is 505 g/mol. The van der Waals surface area contributed by atoms with E-state index in [4.69, 9.17) is 5.73 Å². The van der Waals surface area contributed by atoms with Gasteiger partial charge in [0, 0.05) is 18.1 Å². The Hall–Kier alpha value is 0.480. The van der Waals surface area contributed by atoms with Crippen LogP contribution in [0.15, 0.2) is 0 Å². The van der Waals surface area contributed by atoms with Gasteiger partial charge in [-0.15, -0.1) is 0 Å². The van der Waals surface area contributed by atoms with Crippen LogP contribution in [0.1, 0.15) is 19.3 Å². The summed E-state index contributed by atoms with van der Waals surface area (Å²) >= 11 is 0. The van der Waals surface area contributed by atoms with Gasteiger partial charge in [0.15, 0.2) is 0 Å². The fraction of sp³-hybridized carbons (Fsp3) is 1.00. The SMILES string of the molecule is N[C@@H]1CC[C@H](N(CP(=O)(O)O)CP(=O)(O)O)[C@@H](N(CP(=O)(O)O)CP(=O)(O)O)C1. The molecular weight excluding hydrogens is 478 g/mol. The number of rotatable bonds is 10. The summed E-state index contributed by atoms with van der Waals surface area (Å²) in [6.07, 6.45) is -4.05. The van der Waals surface area contributed by atoms with Crippen LogP contribution in [0.2, 0.25) is 0 Å². The van der Waals surface area contributed by atoms with E-state index in [1.54, 1.807) is 0 Å². The maximum atomic E-state index is 11.5. The normalized spacial score (nSPS) is 25.0. The molecule has 10 N–H and O–H groups in total. The van der Waals surface area contributed by atoms with Crippen LogP contribution < -0.4 is 5.73 Å². The quantitative estimate of drug-likeness (QED) is 0.151. The van der Waals surface area contributed by atoms with Crippen molar-refractivity contribution >= 4 is 30.4 Å². The highest BCUT2D eigenvalue weighted by Gasteiger charge is 2.43. The lowest BCUT2D eigenvalue weighted by atomic mass is 9.86. The second-order valence-electron chi connectivity index (χ2n) is 7.11. The van der Waals surface area contributed by atoms with Gasteiger partial charge in [-0.3, -0.25) is 28.1 Å². The molecule has 0 aromatic carbocycles. The first-order valence-electron chi connectivity index (χ1n) is 8.18. The number of nitrogens with two attached hydrogens (primary N) is 1. The zero-order chi connectivity index (χ0) is 22.8. The molecule has 1 aliphatic carbocycles. The van der Waals surface area contributed by atoms with Crippen molar-refractivity contribution in [1.82, 2.24) is 9.80 Å². The van der Waals surface area contributed by atoms with Crippen molar-refractivity contribution in [1.29, 1.82) is 0 Å². The highest BCUT2D eigenvalue weighted by atomic mass is 31.2. The Morgan fingerprint density at radius 2 is 0.931 bits per heavy atom. The summed E-state index contributed by atoms with van der Waals surface area (Å²) in [5.74, 6) is 0. The van der Waals surface area contributed by atoms with E-state index in [1.165, 1.54) is 0 Å². The van der Waals surface area contributed by atoms with Gasteiger partial charge in [0.25, 0.3) is 0 Å². The zero-order valence-electron chi connectivity index (χ0n) is 15.2. The third-order valence-electron chi connectivity index (χ3n) is 4.22. The van der Waals surface area contributed by atoms with Crippen molar-refractivity contribution in [2.24, 2.45) is 5.73 Å². The lowest BCUT2D eigenvalue weighted by Crippen LogP contribution is -2.57. The van der Waals surface area contributed by atoms with Gasteiger partial charge in [0.2, 0.25) is 0 Å². The van der Waals surface area contributed by atoms with Crippen LogP contribution in [0.3, 0.4) is 0 Å². The van der Waals surface area contributed by atoms with Crippen molar-refractivity contribution in [3.8, 4) is 0 Å². The Morgan fingerprint density at radius 1 is 0.621 bits per heavy atom. The average Bonchev–Trinajstić information content (AvgIpc) is 2.39. The van der Waals surface area contributed by atoms with Crippen molar-refractivity contribution in [2.45, 2.75) is 37.4 Å². The van der Waals surface area contributed by atoms with Gasteiger partial charge in [0.05, 0.1) is 0 Å². The van der Waals surface area contributed by atoms with Crippen molar-refractivity contribution < 1.29 is 57.4 Å². The average molecular weight is 505 g/mol. The molecule has 0 bridgehead atoms. The molecule has 0 spiro atoms. The molecule has 29 heavy (non-hydrogen) atoms. The minimum atomic E-state index is -4.82. The van der Waals surface area contributed by atoms with Gasteiger partial charge >= 0.3 is 30.4 Å². The molecule has 0 saturated heterocycles. The van der Waals surface area contributed by atoms with Crippen molar-refractivity contribution in [3.05, 3.63) is 0 Å². The van der Waals surface area contributed by atoms with Gasteiger partial charge in [-0.1, -0.05) is 0 Å². The van der Waals surface area contributed by atoms with Crippen LogP contribution in [0, 0.1) is 0 Å². The molecule has 1 rings (SSSR count). The summed E-state index contributed by atoms with van der Waals surface area (Å²) in [5, 5.41) is 0. The molecule has 0 unspecified atom stereocenters. The van der Waals surface area contributed by atoms with Gasteiger partial charge in [-0.2, -0.15) is 0 Å². The molecule has 0 amide bonds. The number of hydrogen-bond acceptors (Lipinski definition) is 7. The molecule has 3 atom stereocenters. The van der Waals surface area contributed by atoms with Gasteiger partial charge in [-0.25, -0.2) is 0 Å². The Labute approximate surface area is 166 Å². The summed E-state index contributed by atoms with van der Waals surface area (Å²) in [7, 11) is -19.2. The first-order chi connectivity index (χ1) is 12.8. The lowest BCUT2D eigenvalue weighted by Gasteiger charge is -2.46. The predicted octanol–water partition coefficient (Wildman–Crippen LogP) is -1.62. The van der Waals surface area contributed by atoms with Crippen molar-refractivity contribution in [3.63, 3.8) is 0 Å². The van der Waals surface area contributed by atoms with E-state index in [2.05, 4.69) is 0 Å². The third-order valence-corrected chi connectivity index (χ3v) is 7.15. The largest absolute Gasteiger partial charge is 0.339 e. The summed E-state index contributed by atoms with van der Waals surface area (Å²) < 4.78 is 45.9. The molecule has 0 aromatic heterocycles. The van der Waals surface area contributed by atoms with E-state index in [9.17, 15) is 57.4 Å². The molecule has 0 radical (unpaired) electrons. The molecule has 1 saturated carbocycles. The maximum absolute atomic E-state index is 11.5.